The molecular weight excluding hydrogens is 276 g/mol. The van der Waals surface area contributed by atoms with Crippen LogP contribution in [0, 0.1) is 6.92 Å². The molecule has 1 aromatic heterocycles. The zero-order valence-electron chi connectivity index (χ0n) is 13.3. The Kier molecular flexibility index (Phi) is 5.47. The summed E-state index contributed by atoms with van der Waals surface area (Å²) in [6, 6.07) is 10.1. The van der Waals surface area contributed by atoms with Crippen LogP contribution in [0.3, 0.4) is 0 Å². The molecule has 0 unspecified atom stereocenters. The van der Waals surface area contributed by atoms with E-state index in [1.54, 1.807) is 6.20 Å². The molecule has 0 atom stereocenters. The van der Waals surface area contributed by atoms with Crippen LogP contribution in [0.5, 0.6) is 0 Å². The number of rotatable bonds is 6. The summed E-state index contributed by atoms with van der Waals surface area (Å²) in [5, 5.41) is 2.87. The standard InChI is InChI=1S/C17H22N4O/c1-13-5-4-6-14(11-13)7-8-17(22)19-12-15-18-10-9-16(20-15)21(2)3/h4-6,9-11H,7-8,12H2,1-3H3,(H,19,22). The molecule has 0 aliphatic carbocycles. The molecule has 116 valence electrons. The van der Waals surface area contributed by atoms with E-state index < -0.39 is 0 Å². The minimum Gasteiger partial charge on any atom is -0.363 e. The number of aryl methyl sites for hydroxylation is 2. The van der Waals surface area contributed by atoms with Crippen molar-refractivity contribution < 1.29 is 4.79 Å². The SMILES string of the molecule is Cc1cccc(CCC(=O)NCc2nccc(N(C)C)n2)c1. The second-order valence-corrected chi connectivity index (χ2v) is 5.49. The van der Waals surface area contributed by atoms with Crippen molar-refractivity contribution in [3.05, 3.63) is 53.5 Å². The average Bonchev–Trinajstić information content (AvgIpc) is 2.51. The van der Waals surface area contributed by atoms with E-state index in [2.05, 4.69) is 34.3 Å². The lowest BCUT2D eigenvalue weighted by molar-refractivity contribution is -0.121. The van der Waals surface area contributed by atoms with Crippen LogP contribution in [0.25, 0.3) is 0 Å². The molecule has 0 fully saturated rings. The van der Waals surface area contributed by atoms with Crippen molar-refractivity contribution in [3.8, 4) is 0 Å². The van der Waals surface area contributed by atoms with Gasteiger partial charge in [0.15, 0.2) is 0 Å². The van der Waals surface area contributed by atoms with Crippen molar-refractivity contribution in [2.24, 2.45) is 0 Å². The summed E-state index contributed by atoms with van der Waals surface area (Å²) >= 11 is 0. The molecule has 2 rings (SSSR count). The summed E-state index contributed by atoms with van der Waals surface area (Å²) in [6.45, 7) is 2.41. The van der Waals surface area contributed by atoms with Crippen LogP contribution < -0.4 is 10.2 Å². The van der Waals surface area contributed by atoms with Gasteiger partial charge in [-0.3, -0.25) is 4.79 Å². The van der Waals surface area contributed by atoms with Gasteiger partial charge in [-0.25, -0.2) is 9.97 Å². The number of nitrogens with one attached hydrogen (secondary N) is 1. The Hall–Kier alpha value is -2.43. The second kappa shape index (κ2) is 7.54. The highest BCUT2D eigenvalue weighted by atomic mass is 16.1. The molecule has 0 saturated heterocycles. The molecule has 5 nitrogen and oxygen atoms in total. The molecule has 1 N–H and O–H groups in total. The van der Waals surface area contributed by atoms with Crippen LogP contribution in [-0.2, 0) is 17.8 Å². The van der Waals surface area contributed by atoms with Gasteiger partial charge in [0.05, 0.1) is 6.54 Å². The smallest absolute Gasteiger partial charge is 0.220 e. The van der Waals surface area contributed by atoms with Crippen LogP contribution in [0.2, 0.25) is 0 Å². The predicted molar refractivity (Wildman–Crippen MR) is 87.7 cm³/mol. The van der Waals surface area contributed by atoms with E-state index in [0.29, 0.717) is 18.8 Å². The summed E-state index contributed by atoms with van der Waals surface area (Å²) in [5.74, 6) is 1.47. The van der Waals surface area contributed by atoms with E-state index in [4.69, 9.17) is 0 Å². The van der Waals surface area contributed by atoms with Crippen LogP contribution in [-0.4, -0.2) is 30.0 Å². The monoisotopic (exact) mass is 298 g/mol. The second-order valence-electron chi connectivity index (χ2n) is 5.49. The van der Waals surface area contributed by atoms with E-state index in [9.17, 15) is 4.79 Å². The third-order valence-corrected chi connectivity index (χ3v) is 3.32. The van der Waals surface area contributed by atoms with E-state index >= 15 is 0 Å². The first kappa shape index (κ1) is 15.9. The first-order valence-electron chi connectivity index (χ1n) is 7.36. The fourth-order valence-electron chi connectivity index (χ4n) is 2.11. The molecule has 1 aromatic carbocycles. The third-order valence-electron chi connectivity index (χ3n) is 3.32. The Morgan fingerprint density at radius 2 is 2.09 bits per heavy atom. The normalized spacial score (nSPS) is 10.3. The van der Waals surface area contributed by atoms with Gasteiger partial charge in [-0.15, -0.1) is 0 Å². The summed E-state index contributed by atoms with van der Waals surface area (Å²) in [7, 11) is 3.85. The number of hydrogen-bond donors (Lipinski definition) is 1. The predicted octanol–water partition coefficient (Wildman–Crippen LogP) is 2.10. The quantitative estimate of drug-likeness (QED) is 0.887. The molecule has 0 saturated carbocycles. The van der Waals surface area contributed by atoms with Gasteiger partial charge in [-0.1, -0.05) is 29.8 Å². The average molecular weight is 298 g/mol. The zero-order valence-corrected chi connectivity index (χ0v) is 13.3. The van der Waals surface area contributed by atoms with Gasteiger partial charge in [0, 0.05) is 26.7 Å². The molecule has 0 aliphatic heterocycles. The van der Waals surface area contributed by atoms with Crippen LogP contribution in [0.15, 0.2) is 36.5 Å². The molecule has 0 aliphatic rings. The number of aromatic nitrogens is 2. The van der Waals surface area contributed by atoms with Crippen molar-refractivity contribution in [1.82, 2.24) is 15.3 Å². The number of carbonyl (C=O) groups excluding carboxylic acids is 1. The van der Waals surface area contributed by atoms with Gasteiger partial charge in [0.25, 0.3) is 0 Å². The van der Waals surface area contributed by atoms with Crippen molar-refractivity contribution >= 4 is 11.7 Å². The van der Waals surface area contributed by atoms with E-state index in [-0.39, 0.29) is 5.91 Å². The minimum absolute atomic E-state index is 0.0142. The van der Waals surface area contributed by atoms with Crippen molar-refractivity contribution in [3.63, 3.8) is 0 Å². The lowest BCUT2D eigenvalue weighted by Gasteiger charge is -2.11. The summed E-state index contributed by atoms with van der Waals surface area (Å²) in [5.41, 5.74) is 2.40. The highest BCUT2D eigenvalue weighted by Crippen LogP contribution is 2.07. The Bertz CT molecular complexity index is 640. The zero-order chi connectivity index (χ0) is 15.9. The third kappa shape index (κ3) is 4.84. The van der Waals surface area contributed by atoms with Gasteiger partial charge < -0.3 is 10.2 Å². The molecule has 22 heavy (non-hydrogen) atoms. The lowest BCUT2D eigenvalue weighted by Crippen LogP contribution is -2.24. The maximum Gasteiger partial charge on any atom is 0.220 e. The maximum absolute atomic E-state index is 11.9. The molecule has 0 bridgehead atoms. The van der Waals surface area contributed by atoms with E-state index in [0.717, 1.165) is 12.2 Å². The van der Waals surface area contributed by atoms with Gasteiger partial charge in [0.2, 0.25) is 5.91 Å². The Labute approximate surface area is 131 Å². The number of hydrogen-bond acceptors (Lipinski definition) is 4. The number of carbonyl (C=O) groups is 1. The Morgan fingerprint density at radius 3 is 2.82 bits per heavy atom. The molecule has 0 spiro atoms. The van der Waals surface area contributed by atoms with Crippen molar-refractivity contribution in [2.75, 3.05) is 19.0 Å². The van der Waals surface area contributed by atoms with Crippen LogP contribution in [0.1, 0.15) is 23.4 Å². The Balaban J connectivity index is 1.81. The number of amides is 1. The van der Waals surface area contributed by atoms with Gasteiger partial charge in [-0.05, 0) is 25.0 Å². The first-order valence-corrected chi connectivity index (χ1v) is 7.36. The van der Waals surface area contributed by atoms with Crippen molar-refractivity contribution in [2.45, 2.75) is 26.3 Å². The minimum atomic E-state index is 0.0142. The van der Waals surface area contributed by atoms with Gasteiger partial charge in [-0.2, -0.15) is 0 Å². The van der Waals surface area contributed by atoms with E-state index in [1.165, 1.54) is 11.1 Å². The number of nitrogens with zero attached hydrogens (tertiary/aromatic N) is 3. The number of anilines is 1. The lowest BCUT2D eigenvalue weighted by atomic mass is 10.1. The Morgan fingerprint density at radius 1 is 1.27 bits per heavy atom. The molecule has 0 radical (unpaired) electrons. The summed E-state index contributed by atoms with van der Waals surface area (Å²) in [6.07, 6.45) is 2.92. The topological polar surface area (TPSA) is 58.1 Å². The largest absolute Gasteiger partial charge is 0.363 e. The fraction of sp³-hybridized carbons (Fsp3) is 0.353. The van der Waals surface area contributed by atoms with Crippen molar-refractivity contribution in [1.29, 1.82) is 0 Å². The molecule has 1 heterocycles. The van der Waals surface area contributed by atoms with E-state index in [1.807, 2.05) is 37.2 Å². The summed E-state index contributed by atoms with van der Waals surface area (Å²) in [4.78, 5) is 22.4. The highest BCUT2D eigenvalue weighted by molar-refractivity contribution is 5.76. The molecule has 2 aromatic rings. The maximum atomic E-state index is 11.9. The van der Waals surface area contributed by atoms with Crippen LogP contribution in [0.4, 0.5) is 5.82 Å². The molecular formula is C17H22N4O. The van der Waals surface area contributed by atoms with Gasteiger partial charge >= 0.3 is 0 Å². The molecule has 1 amide bonds. The fourth-order valence-corrected chi connectivity index (χ4v) is 2.11. The summed E-state index contributed by atoms with van der Waals surface area (Å²) < 4.78 is 0. The van der Waals surface area contributed by atoms with Gasteiger partial charge in [0.1, 0.15) is 11.6 Å². The highest BCUT2D eigenvalue weighted by Gasteiger charge is 2.05. The molecule has 5 heteroatoms. The first-order chi connectivity index (χ1) is 10.5. The van der Waals surface area contributed by atoms with Crippen LogP contribution >= 0.6 is 0 Å². The number of benzene rings is 1.